The van der Waals surface area contributed by atoms with Gasteiger partial charge in [-0.25, -0.2) is 0 Å². The first-order valence-electron chi connectivity index (χ1n) is 6.90. The molecule has 1 unspecified atom stereocenters. The lowest BCUT2D eigenvalue weighted by Crippen LogP contribution is -2.54. The molecule has 2 N–H and O–H groups in total. The van der Waals surface area contributed by atoms with Gasteiger partial charge in [-0.05, 0) is 31.2 Å². The van der Waals surface area contributed by atoms with Crippen molar-refractivity contribution in [3.05, 3.63) is 29.3 Å². The highest BCUT2D eigenvalue weighted by atomic mass is 16.5. The summed E-state index contributed by atoms with van der Waals surface area (Å²) >= 11 is 0. The minimum Gasteiger partial charge on any atom is -0.496 e. The molecular formula is C15H25N3O. The van der Waals surface area contributed by atoms with Crippen molar-refractivity contribution in [2.45, 2.75) is 19.5 Å². The van der Waals surface area contributed by atoms with E-state index >= 15 is 0 Å². The van der Waals surface area contributed by atoms with Crippen LogP contribution in [0.1, 0.15) is 11.1 Å². The van der Waals surface area contributed by atoms with Crippen LogP contribution in [0.5, 0.6) is 5.75 Å². The zero-order valence-electron chi connectivity index (χ0n) is 12.2. The quantitative estimate of drug-likeness (QED) is 0.882. The maximum atomic E-state index is 5.90. The summed E-state index contributed by atoms with van der Waals surface area (Å²) in [5, 5.41) is 0. The van der Waals surface area contributed by atoms with Crippen molar-refractivity contribution in [3.63, 3.8) is 0 Å². The van der Waals surface area contributed by atoms with E-state index in [1.165, 1.54) is 11.1 Å². The number of hydrogen-bond donors (Lipinski definition) is 1. The van der Waals surface area contributed by atoms with Crippen LogP contribution in [-0.2, 0) is 6.54 Å². The Morgan fingerprint density at radius 1 is 1.37 bits per heavy atom. The van der Waals surface area contributed by atoms with Crippen molar-refractivity contribution in [1.29, 1.82) is 0 Å². The van der Waals surface area contributed by atoms with Gasteiger partial charge in [0.15, 0.2) is 0 Å². The van der Waals surface area contributed by atoms with E-state index < -0.39 is 0 Å². The van der Waals surface area contributed by atoms with Crippen LogP contribution in [-0.4, -0.2) is 56.2 Å². The summed E-state index contributed by atoms with van der Waals surface area (Å²) in [7, 11) is 3.88. The Bertz CT molecular complexity index is 422. The first-order chi connectivity index (χ1) is 9.13. The zero-order valence-corrected chi connectivity index (χ0v) is 12.2. The summed E-state index contributed by atoms with van der Waals surface area (Å²) in [6.45, 7) is 7.05. The Labute approximate surface area is 116 Å². The molecule has 19 heavy (non-hydrogen) atoms. The Kier molecular flexibility index (Phi) is 4.80. The van der Waals surface area contributed by atoms with Crippen LogP contribution in [0.25, 0.3) is 0 Å². The minimum absolute atomic E-state index is 0.459. The highest BCUT2D eigenvalue weighted by Gasteiger charge is 2.23. The Balaban J connectivity index is 2.05. The van der Waals surface area contributed by atoms with E-state index in [1.54, 1.807) is 7.11 Å². The molecule has 1 aliphatic rings. The lowest BCUT2D eigenvalue weighted by atomic mass is 10.1. The molecule has 0 radical (unpaired) electrons. The maximum Gasteiger partial charge on any atom is 0.121 e. The number of nitrogens with zero attached hydrogens (tertiary/aromatic N) is 2. The van der Waals surface area contributed by atoms with Crippen LogP contribution in [0.3, 0.4) is 0 Å². The summed E-state index contributed by atoms with van der Waals surface area (Å²) in [6, 6.07) is 6.88. The van der Waals surface area contributed by atoms with E-state index in [2.05, 4.69) is 42.0 Å². The normalized spacial score (nSPS) is 21.6. The number of nitrogens with two attached hydrogens (primary N) is 1. The lowest BCUT2D eigenvalue weighted by molar-refractivity contribution is 0.0880. The van der Waals surface area contributed by atoms with Gasteiger partial charge in [0.05, 0.1) is 7.11 Å². The summed E-state index contributed by atoms with van der Waals surface area (Å²) in [5.74, 6) is 0.956. The molecule has 1 fully saturated rings. The predicted octanol–water partition coefficient (Wildman–Crippen LogP) is 1.08. The Morgan fingerprint density at radius 2 is 2.16 bits per heavy atom. The van der Waals surface area contributed by atoms with Gasteiger partial charge in [-0.15, -0.1) is 0 Å². The molecule has 4 heteroatoms. The first kappa shape index (κ1) is 14.3. The smallest absolute Gasteiger partial charge is 0.121 e. The van der Waals surface area contributed by atoms with E-state index in [0.29, 0.717) is 6.04 Å². The van der Waals surface area contributed by atoms with Crippen LogP contribution in [0, 0.1) is 6.92 Å². The molecule has 2 rings (SSSR count). The van der Waals surface area contributed by atoms with E-state index in [1.807, 2.05) is 0 Å². The Morgan fingerprint density at radius 3 is 2.79 bits per heavy atom. The van der Waals surface area contributed by atoms with Crippen molar-refractivity contribution < 1.29 is 4.74 Å². The number of benzene rings is 1. The average molecular weight is 263 g/mol. The van der Waals surface area contributed by atoms with Gasteiger partial charge in [-0.1, -0.05) is 12.1 Å². The lowest BCUT2D eigenvalue weighted by Gasteiger charge is -2.39. The van der Waals surface area contributed by atoms with Crippen LogP contribution in [0.15, 0.2) is 18.2 Å². The average Bonchev–Trinajstić information content (AvgIpc) is 2.41. The van der Waals surface area contributed by atoms with Gasteiger partial charge in [0, 0.05) is 38.8 Å². The monoisotopic (exact) mass is 263 g/mol. The highest BCUT2D eigenvalue weighted by Crippen LogP contribution is 2.20. The van der Waals surface area contributed by atoms with E-state index in [4.69, 9.17) is 10.5 Å². The first-order valence-corrected chi connectivity index (χ1v) is 6.90. The molecule has 4 nitrogen and oxygen atoms in total. The maximum absolute atomic E-state index is 5.90. The van der Waals surface area contributed by atoms with E-state index in [-0.39, 0.29) is 0 Å². The number of piperazine rings is 1. The van der Waals surface area contributed by atoms with Gasteiger partial charge in [-0.2, -0.15) is 0 Å². The Hall–Kier alpha value is -1.10. The second-order valence-corrected chi connectivity index (χ2v) is 5.43. The van der Waals surface area contributed by atoms with Gasteiger partial charge < -0.3 is 15.4 Å². The molecule has 0 amide bonds. The van der Waals surface area contributed by atoms with Gasteiger partial charge in [0.25, 0.3) is 0 Å². The third-order valence-corrected chi connectivity index (χ3v) is 3.92. The molecule has 106 valence electrons. The van der Waals surface area contributed by atoms with Crippen LogP contribution >= 0.6 is 0 Å². The van der Waals surface area contributed by atoms with Gasteiger partial charge in [0.1, 0.15) is 5.75 Å². The van der Waals surface area contributed by atoms with Crippen molar-refractivity contribution in [2.75, 3.05) is 40.3 Å². The minimum atomic E-state index is 0.459. The van der Waals surface area contributed by atoms with Crippen LogP contribution in [0.4, 0.5) is 0 Å². The molecule has 1 aliphatic heterocycles. The van der Waals surface area contributed by atoms with Crippen LogP contribution in [0.2, 0.25) is 0 Å². The summed E-state index contributed by atoms with van der Waals surface area (Å²) in [5.41, 5.74) is 8.42. The molecule has 1 aromatic rings. The molecule has 0 bridgehead atoms. The van der Waals surface area contributed by atoms with Gasteiger partial charge >= 0.3 is 0 Å². The standard InChI is InChI=1S/C15H25N3O/c1-12-8-13(4-5-15(12)19-3)10-18-7-6-17(2)11-14(18)9-16/h4-5,8,14H,6-7,9-11,16H2,1-3H3. The number of ether oxygens (including phenoxy) is 1. The number of hydrogen-bond acceptors (Lipinski definition) is 4. The number of aryl methyl sites for hydroxylation is 1. The molecule has 1 aromatic carbocycles. The molecule has 1 atom stereocenters. The van der Waals surface area contributed by atoms with Gasteiger partial charge in [-0.3, -0.25) is 4.90 Å². The summed E-state index contributed by atoms with van der Waals surface area (Å²) < 4.78 is 5.31. The molecular weight excluding hydrogens is 238 g/mol. The molecule has 1 heterocycles. The fraction of sp³-hybridized carbons (Fsp3) is 0.600. The number of methoxy groups -OCH3 is 1. The second kappa shape index (κ2) is 6.37. The topological polar surface area (TPSA) is 41.7 Å². The molecule has 1 saturated heterocycles. The van der Waals surface area contributed by atoms with Crippen molar-refractivity contribution in [2.24, 2.45) is 5.73 Å². The third kappa shape index (κ3) is 3.47. The van der Waals surface area contributed by atoms with E-state index in [0.717, 1.165) is 38.5 Å². The molecule has 0 saturated carbocycles. The highest BCUT2D eigenvalue weighted by molar-refractivity contribution is 5.36. The third-order valence-electron chi connectivity index (χ3n) is 3.92. The second-order valence-electron chi connectivity index (χ2n) is 5.43. The van der Waals surface area contributed by atoms with Crippen molar-refractivity contribution >= 4 is 0 Å². The predicted molar refractivity (Wildman–Crippen MR) is 78.5 cm³/mol. The van der Waals surface area contributed by atoms with Gasteiger partial charge in [0.2, 0.25) is 0 Å². The van der Waals surface area contributed by atoms with E-state index in [9.17, 15) is 0 Å². The van der Waals surface area contributed by atoms with Crippen molar-refractivity contribution in [3.8, 4) is 5.75 Å². The molecule has 0 aromatic heterocycles. The SMILES string of the molecule is COc1ccc(CN2CCN(C)CC2CN)cc1C. The number of likely N-dealkylation sites (N-methyl/N-ethyl adjacent to an activating group) is 1. The summed E-state index contributed by atoms with van der Waals surface area (Å²) in [4.78, 5) is 4.84. The largest absolute Gasteiger partial charge is 0.496 e. The molecule has 0 spiro atoms. The fourth-order valence-corrected chi connectivity index (χ4v) is 2.75. The number of rotatable bonds is 4. The van der Waals surface area contributed by atoms with Crippen LogP contribution < -0.4 is 10.5 Å². The fourth-order valence-electron chi connectivity index (χ4n) is 2.75. The zero-order chi connectivity index (χ0) is 13.8. The summed E-state index contributed by atoms with van der Waals surface area (Å²) in [6.07, 6.45) is 0. The molecule has 0 aliphatic carbocycles. The van der Waals surface area contributed by atoms with Crippen molar-refractivity contribution in [1.82, 2.24) is 9.80 Å².